The Labute approximate surface area is 139 Å². The smallest absolute Gasteiger partial charge is 0.168 e. The molecule has 2 aromatic heterocycles. The Morgan fingerprint density at radius 2 is 1.91 bits per heavy atom. The van der Waals surface area contributed by atoms with E-state index in [2.05, 4.69) is 26.7 Å². The topological polar surface area (TPSA) is 66.0 Å². The Morgan fingerprint density at radius 3 is 2.65 bits per heavy atom. The van der Waals surface area contributed by atoms with E-state index in [1.54, 1.807) is 25.1 Å². The third-order valence-corrected chi connectivity index (χ3v) is 4.48. The highest BCUT2D eigenvalue weighted by atomic mass is 32.2. The summed E-state index contributed by atoms with van der Waals surface area (Å²) in [4.78, 5) is 8.45. The molecule has 6 heteroatoms. The second-order valence-corrected chi connectivity index (χ2v) is 6.01. The maximum atomic E-state index is 5.71. The van der Waals surface area contributed by atoms with Gasteiger partial charge in [0.1, 0.15) is 11.6 Å². The summed E-state index contributed by atoms with van der Waals surface area (Å²) in [6.07, 6.45) is 5.55. The number of thioether (sulfide) groups is 1. The molecule has 118 valence electrons. The number of imidazole rings is 1. The van der Waals surface area contributed by atoms with E-state index < -0.39 is 0 Å². The average molecular weight is 326 g/mol. The molecular formula is C17H18N4OS. The summed E-state index contributed by atoms with van der Waals surface area (Å²) in [7, 11) is 1.67. The van der Waals surface area contributed by atoms with E-state index in [9.17, 15) is 0 Å². The standard InChI is InChI=1S/C17H18N4OS/c1-22-15-4-2-13(3-5-15)11-21-9-8-20-17(21)23-12-14-6-7-19-16(18)10-14/h2-10H,11-12H2,1H3,(H2,18,19). The number of anilines is 1. The first-order valence-electron chi connectivity index (χ1n) is 7.22. The van der Waals surface area contributed by atoms with Gasteiger partial charge in [0.2, 0.25) is 0 Å². The Kier molecular flexibility index (Phi) is 4.83. The van der Waals surface area contributed by atoms with Crippen molar-refractivity contribution in [2.45, 2.75) is 17.5 Å². The van der Waals surface area contributed by atoms with Crippen LogP contribution >= 0.6 is 11.8 Å². The van der Waals surface area contributed by atoms with Gasteiger partial charge in [-0.25, -0.2) is 9.97 Å². The molecule has 1 aromatic carbocycles. The van der Waals surface area contributed by atoms with Crippen molar-refractivity contribution < 1.29 is 4.74 Å². The van der Waals surface area contributed by atoms with Gasteiger partial charge >= 0.3 is 0 Å². The summed E-state index contributed by atoms with van der Waals surface area (Å²) in [5.41, 5.74) is 8.06. The maximum absolute atomic E-state index is 5.71. The molecule has 0 spiro atoms. The van der Waals surface area contributed by atoms with E-state index in [1.807, 2.05) is 36.7 Å². The van der Waals surface area contributed by atoms with Crippen molar-refractivity contribution in [3.8, 4) is 5.75 Å². The lowest BCUT2D eigenvalue weighted by molar-refractivity contribution is 0.414. The molecule has 0 amide bonds. The van der Waals surface area contributed by atoms with Crippen molar-refractivity contribution >= 4 is 17.6 Å². The highest BCUT2D eigenvalue weighted by Gasteiger charge is 2.06. The summed E-state index contributed by atoms with van der Waals surface area (Å²) in [6, 6.07) is 11.9. The number of pyridine rings is 1. The molecule has 5 nitrogen and oxygen atoms in total. The number of nitrogens with two attached hydrogens (primary N) is 1. The number of hydrogen-bond acceptors (Lipinski definition) is 5. The summed E-state index contributed by atoms with van der Waals surface area (Å²) >= 11 is 1.69. The minimum absolute atomic E-state index is 0.546. The van der Waals surface area contributed by atoms with Crippen LogP contribution < -0.4 is 10.5 Å². The minimum Gasteiger partial charge on any atom is -0.497 e. The zero-order valence-electron chi connectivity index (χ0n) is 12.8. The van der Waals surface area contributed by atoms with Gasteiger partial charge in [0.05, 0.1) is 7.11 Å². The van der Waals surface area contributed by atoms with E-state index in [4.69, 9.17) is 10.5 Å². The molecule has 0 aliphatic carbocycles. The highest BCUT2D eigenvalue weighted by molar-refractivity contribution is 7.98. The first kappa shape index (κ1) is 15.4. The Bertz CT molecular complexity index is 770. The molecule has 2 heterocycles. The summed E-state index contributed by atoms with van der Waals surface area (Å²) in [5, 5.41) is 0.983. The van der Waals surface area contributed by atoms with Gasteiger partial charge in [-0.05, 0) is 35.4 Å². The van der Waals surface area contributed by atoms with E-state index >= 15 is 0 Å². The van der Waals surface area contributed by atoms with Crippen molar-refractivity contribution in [1.29, 1.82) is 0 Å². The highest BCUT2D eigenvalue weighted by Crippen LogP contribution is 2.23. The fourth-order valence-corrected chi connectivity index (χ4v) is 3.12. The van der Waals surface area contributed by atoms with Gasteiger partial charge in [-0.3, -0.25) is 0 Å². The number of benzene rings is 1. The van der Waals surface area contributed by atoms with Gasteiger partial charge < -0.3 is 15.0 Å². The second kappa shape index (κ2) is 7.19. The monoisotopic (exact) mass is 326 g/mol. The van der Waals surface area contributed by atoms with Gasteiger partial charge in [-0.2, -0.15) is 0 Å². The third kappa shape index (κ3) is 4.04. The lowest BCUT2D eigenvalue weighted by Crippen LogP contribution is -2.00. The van der Waals surface area contributed by atoms with E-state index in [0.717, 1.165) is 28.8 Å². The second-order valence-electron chi connectivity index (χ2n) is 5.06. The molecule has 0 saturated carbocycles. The normalized spacial score (nSPS) is 10.7. The molecule has 0 radical (unpaired) electrons. The zero-order chi connectivity index (χ0) is 16.1. The van der Waals surface area contributed by atoms with Crippen LogP contribution in [0.1, 0.15) is 11.1 Å². The Hall–Kier alpha value is -2.47. The fourth-order valence-electron chi connectivity index (χ4n) is 2.22. The van der Waals surface area contributed by atoms with Crippen molar-refractivity contribution in [3.63, 3.8) is 0 Å². The number of nitrogen functional groups attached to an aromatic ring is 1. The summed E-state index contributed by atoms with van der Waals surface area (Å²) in [5.74, 6) is 2.22. The number of ether oxygens (including phenoxy) is 1. The molecular weight excluding hydrogens is 308 g/mol. The minimum atomic E-state index is 0.546. The van der Waals surface area contributed by atoms with Crippen LogP contribution in [0.2, 0.25) is 0 Å². The maximum Gasteiger partial charge on any atom is 0.168 e. The molecule has 3 rings (SSSR count). The molecule has 2 N–H and O–H groups in total. The van der Waals surface area contributed by atoms with Crippen molar-refractivity contribution in [2.24, 2.45) is 0 Å². The lowest BCUT2D eigenvalue weighted by Gasteiger charge is -2.08. The molecule has 0 aliphatic heterocycles. The number of nitrogens with zero attached hydrogens (tertiary/aromatic N) is 3. The first-order chi connectivity index (χ1) is 11.2. The van der Waals surface area contributed by atoms with Crippen LogP contribution in [0.3, 0.4) is 0 Å². The van der Waals surface area contributed by atoms with Gasteiger partial charge in [-0.1, -0.05) is 23.9 Å². The zero-order valence-corrected chi connectivity index (χ0v) is 13.7. The van der Waals surface area contributed by atoms with Gasteiger partial charge in [0, 0.05) is 30.9 Å². The largest absolute Gasteiger partial charge is 0.497 e. The number of rotatable bonds is 6. The van der Waals surface area contributed by atoms with Crippen LogP contribution in [-0.2, 0) is 12.3 Å². The van der Waals surface area contributed by atoms with Crippen molar-refractivity contribution in [1.82, 2.24) is 14.5 Å². The van der Waals surface area contributed by atoms with Crippen LogP contribution in [0, 0.1) is 0 Å². The summed E-state index contributed by atoms with van der Waals surface area (Å²) in [6.45, 7) is 0.783. The van der Waals surface area contributed by atoms with Crippen molar-refractivity contribution in [2.75, 3.05) is 12.8 Å². The number of hydrogen-bond donors (Lipinski definition) is 1. The summed E-state index contributed by atoms with van der Waals surface area (Å²) < 4.78 is 7.32. The Balaban J connectivity index is 1.66. The molecule has 0 fully saturated rings. The average Bonchev–Trinajstić information content (AvgIpc) is 3.01. The van der Waals surface area contributed by atoms with Crippen molar-refractivity contribution in [3.05, 3.63) is 66.1 Å². The molecule has 0 bridgehead atoms. The predicted octanol–water partition coefficient (Wildman–Crippen LogP) is 3.21. The molecule has 0 atom stereocenters. The fraction of sp³-hybridized carbons (Fsp3) is 0.176. The third-order valence-electron chi connectivity index (χ3n) is 3.40. The molecule has 0 unspecified atom stereocenters. The van der Waals surface area contributed by atoms with Gasteiger partial charge in [0.15, 0.2) is 5.16 Å². The molecule has 23 heavy (non-hydrogen) atoms. The Morgan fingerprint density at radius 1 is 1.09 bits per heavy atom. The molecule has 3 aromatic rings. The van der Waals surface area contributed by atoms with Gasteiger partial charge in [-0.15, -0.1) is 0 Å². The van der Waals surface area contributed by atoms with E-state index in [-0.39, 0.29) is 0 Å². The predicted molar refractivity (Wildman–Crippen MR) is 92.5 cm³/mol. The van der Waals surface area contributed by atoms with E-state index in [1.165, 1.54) is 5.56 Å². The number of methoxy groups -OCH3 is 1. The van der Waals surface area contributed by atoms with E-state index in [0.29, 0.717) is 5.82 Å². The van der Waals surface area contributed by atoms with Crippen LogP contribution in [0.5, 0.6) is 5.75 Å². The number of aromatic nitrogens is 3. The SMILES string of the molecule is COc1ccc(Cn2ccnc2SCc2ccnc(N)c2)cc1. The quantitative estimate of drug-likeness (QED) is 0.705. The van der Waals surface area contributed by atoms with Crippen LogP contribution in [-0.4, -0.2) is 21.6 Å². The van der Waals surface area contributed by atoms with Crippen LogP contribution in [0.4, 0.5) is 5.82 Å². The molecule has 0 saturated heterocycles. The van der Waals surface area contributed by atoms with Crippen LogP contribution in [0.15, 0.2) is 60.1 Å². The lowest BCUT2D eigenvalue weighted by atomic mass is 10.2. The first-order valence-corrected chi connectivity index (χ1v) is 8.20. The molecule has 0 aliphatic rings. The van der Waals surface area contributed by atoms with Gasteiger partial charge in [0.25, 0.3) is 0 Å². The van der Waals surface area contributed by atoms with Crippen LogP contribution in [0.25, 0.3) is 0 Å².